The van der Waals surface area contributed by atoms with Crippen LogP contribution in [0.15, 0.2) is 64.8 Å². The summed E-state index contributed by atoms with van der Waals surface area (Å²) < 4.78 is 33.8. The fourth-order valence-corrected chi connectivity index (χ4v) is 6.23. The van der Waals surface area contributed by atoms with Crippen molar-refractivity contribution in [2.24, 2.45) is 17.8 Å². The molecular formula is C41H71NO4S. The molecule has 1 saturated heterocycles. The van der Waals surface area contributed by atoms with Crippen LogP contribution in [0.25, 0.3) is 6.08 Å². The first kappa shape index (κ1) is 44.9. The molecular weight excluding hydrogens is 603 g/mol. The highest BCUT2D eigenvalue weighted by Crippen LogP contribution is 2.25. The summed E-state index contributed by atoms with van der Waals surface area (Å²) in [7, 11) is 2.59. The molecule has 0 spiro atoms. The number of hydrogen-bond acceptors (Lipinski definition) is 5. The zero-order valence-electron chi connectivity index (χ0n) is 32.2. The Kier molecular flexibility index (Phi) is 24.6. The van der Waals surface area contributed by atoms with Gasteiger partial charge in [-0.05, 0) is 117 Å². The fourth-order valence-electron chi connectivity index (χ4n) is 5.58. The van der Waals surface area contributed by atoms with Crippen molar-refractivity contribution in [3.05, 3.63) is 71.0 Å². The lowest BCUT2D eigenvalue weighted by atomic mass is 9.93. The normalized spacial score (nSPS) is 15.8. The van der Waals surface area contributed by atoms with Gasteiger partial charge in [-0.1, -0.05) is 105 Å². The third-order valence-electron chi connectivity index (χ3n) is 8.66. The van der Waals surface area contributed by atoms with Crippen molar-refractivity contribution >= 4 is 15.9 Å². The molecule has 0 amide bonds. The Morgan fingerprint density at radius 2 is 1.70 bits per heavy atom. The van der Waals surface area contributed by atoms with Crippen molar-refractivity contribution in [3.8, 4) is 0 Å². The van der Waals surface area contributed by atoms with Crippen molar-refractivity contribution in [1.82, 2.24) is 4.90 Å². The van der Waals surface area contributed by atoms with Gasteiger partial charge < -0.3 is 14.4 Å². The van der Waals surface area contributed by atoms with Crippen LogP contribution in [-0.4, -0.2) is 60.5 Å². The first-order valence-corrected chi connectivity index (χ1v) is 19.9. The summed E-state index contributed by atoms with van der Waals surface area (Å²) in [6, 6.07) is 5.28. The third-order valence-corrected chi connectivity index (χ3v) is 9.77. The van der Waals surface area contributed by atoms with E-state index < -0.39 is 9.84 Å². The van der Waals surface area contributed by atoms with Crippen LogP contribution in [0.1, 0.15) is 117 Å². The lowest BCUT2D eigenvalue weighted by Gasteiger charge is -2.26. The molecule has 2 rings (SSSR count). The maximum Gasteiger partial charge on any atom is 0.175 e. The van der Waals surface area contributed by atoms with E-state index in [-0.39, 0.29) is 0 Å². The van der Waals surface area contributed by atoms with Gasteiger partial charge in [0, 0.05) is 13.4 Å². The first-order valence-electron chi connectivity index (χ1n) is 18.0. The van der Waals surface area contributed by atoms with E-state index in [0.717, 1.165) is 30.1 Å². The molecule has 1 aliphatic rings. The molecule has 1 heterocycles. The van der Waals surface area contributed by atoms with E-state index in [2.05, 4.69) is 66.1 Å². The molecule has 1 atom stereocenters. The SMILES string of the molecule is C/C=C\c1cc(S(C)(=O)=O)ccc1CC.C=C/C(=C\C(OC)=C(/COC)CC(C)C)C(C)CCCCCCC.CC1CCN(C)CC1. The number of ether oxygens (including phenoxy) is 2. The van der Waals surface area contributed by atoms with Crippen molar-refractivity contribution in [2.75, 3.05) is 47.2 Å². The van der Waals surface area contributed by atoms with Gasteiger partial charge in [0.15, 0.2) is 9.84 Å². The van der Waals surface area contributed by atoms with Crippen LogP contribution in [0.4, 0.5) is 0 Å². The van der Waals surface area contributed by atoms with Crippen LogP contribution in [0.5, 0.6) is 0 Å². The highest BCUT2D eigenvalue weighted by atomic mass is 32.2. The molecule has 1 unspecified atom stereocenters. The molecule has 0 radical (unpaired) electrons. The van der Waals surface area contributed by atoms with Gasteiger partial charge in [-0.3, -0.25) is 0 Å². The Morgan fingerprint density at radius 3 is 2.17 bits per heavy atom. The van der Waals surface area contributed by atoms with E-state index in [0.29, 0.717) is 23.3 Å². The number of likely N-dealkylation sites (tertiary alicyclic amines) is 1. The minimum atomic E-state index is -3.10. The van der Waals surface area contributed by atoms with Crippen LogP contribution < -0.4 is 0 Å². The van der Waals surface area contributed by atoms with Crippen LogP contribution in [-0.2, 0) is 25.7 Å². The number of aryl methyl sites for hydroxylation is 1. The van der Waals surface area contributed by atoms with Gasteiger partial charge >= 0.3 is 0 Å². The number of unbranched alkanes of at least 4 members (excludes halogenated alkanes) is 4. The smallest absolute Gasteiger partial charge is 0.175 e. The Labute approximate surface area is 291 Å². The number of sulfone groups is 1. The topological polar surface area (TPSA) is 55.8 Å². The Balaban J connectivity index is 0.000000770. The highest BCUT2D eigenvalue weighted by molar-refractivity contribution is 7.90. The van der Waals surface area contributed by atoms with Crippen LogP contribution in [0, 0.1) is 17.8 Å². The van der Waals surface area contributed by atoms with Gasteiger partial charge in [0.2, 0.25) is 0 Å². The van der Waals surface area contributed by atoms with Crippen molar-refractivity contribution < 1.29 is 17.9 Å². The largest absolute Gasteiger partial charge is 0.497 e. The number of allylic oxidation sites excluding steroid dienone is 4. The number of piperidine rings is 1. The summed E-state index contributed by atoms with van der Waals surface area (Å²) >= 11 is 0. The average molecular weight is 674 g/mol. The molecule has 1 aromatic carbocycles. The molecule has 0 saturated carbocycles. The minimum absolute atomic E-state index is 0.382. The molecule has 0 bridgehead atoms. The average Bonchev–Trinajstić information content (AvgIpc) is 3.03. The lowest BCUT2D eigenvalue weighted by Crippen LogP contribution is -2.28. The number of hydrogen-bond donors (Lipinski definition) is 0. The number of methoxy groups -OCH3 is 2. The molecule has 1 fully saturated rings. The zero-order valence-corrected chi connectivity index (χ0v) is 33.0. The summed E-state index contributed by atoms with van der Waals surface area (Å²) in [4.78, 5) is 2.78. The minimum Gasteiger partial charge on any atom is -0.497 e. The van der Waals surface area contributed by atoms with E-state index in [1.807, 2.05) is 31.2 Å². The molecule has 6 heteroatoms. The van der Waals surface area contributed by atoms with Crippen molar-refractivity contribution in [3.63, 3.8) is 0 Å². The maximum atomic E-state index is 11.4. The molecule has 0 aromatic heterocycles. The zero-order chi connectivity index (χ0) is 35.8. The number of nitrogens with zero attached hydrogens (tertiary/aromatic N) is 1. The summed E-state index contributed by atoms with van der Waals surface area (Å²) in [6.07, 6.45) is 21.8. The monoisotopic (exact) mass is 674 g/mol. The standard InChI is InChI=1S/C22H40O2.C12H16O2S.C7H15N/c1-8-10-11-12-13-14-19(5)20(9-2)16-22(24-7)21(17-23-6)15-18(3)4;1-4-6-11-9-12(15(3,13)14)8-7-10(11)5-2;1-7-3-5-8(2)6-4-7/h9,16,18-19H,2,8,10-15,17H2,1,3-7H3;4,6-9H,5H2,1-3H3;7H,3-6H2,1-2H3/b20-16+,22-21+;6-4-;. The van der Waals surface area contributed by atoms with E-state index in [9.17, 15) is 8.42 Å². The van der Waals surface area contributed by atoms with Gasteiger partial charge in [0.1, 0.15) is 5.76 Å². The van der Waals surface area contributed by atoms with E-state index in [1.165, 1.54) is 87.4 Å². The van der Waals surface area contributed by atoms with E-state index >= 15 is 0 Å². The van der Waals surface area contributed by atoms with Crippen LogP contribution in [0.3, 0.4) is 0 Å². The highest BCUT2D eigenvalue weighted by Gasteiger charge is 2.13. The third kappa shape index (κ3) is 20.1. The van der Waals surface area contributed by atoms with Crippen molar-refractivity contribution in [1.29, 1.82) is 0 Å². The number of benzene rings is 1. The Hall–Kier alpha value is -2.15. The molecule has 5 nitrogen and oxygen atoms in total. The second kappa shape index (κ2) is 25.8. The summed E-state index contributed by atoms with van der Waals surface area (Å²) in [5.41, 5.74) is 4.65. The van der Waals surface area contributed by atoms with Gasteiger partial charge in [0.25, 0.3) is 0 Å². The van der Waals surface area contributed by atoms with E-state index in [4.69, 9.17) is 9.47 Å². The second-order valence-electron chi connectivity index (χ2n) is 13.6. The summed E-state index contributed by atoms with van der Waals surface area (Å²) in [5, 5.41) is 0. The van der Waals surface area contributed by atoms with Gasteiger partial charge in [0.05, 0.1) is 18.6 Å². The van der Waals surface area contributed by atoms with E-state index in [1.54, 1.807) is 26.4 Å². The quantitative estimate of drug-likeness (QED) is 0.0936. The molecule has 47 heavy (non-hydrogen) atoms. The summed E-state index contributed by atoms with van der Waals surface area (Å²) in [6.45, 7) is 22.6. The molecule has 270 valence electrons. The van der Waals surface area contributed by atoms with Crippen LogP contribution >= 0.6 is 0 Å². The van der Waals surface area contributed by atoms with Crippen molar-refractivity contribution in [2.45, 2.75) is 118 Å². The van der Waals surface area contributed by atoms with Gasteiger partial charge in [-0.2, -0.15) is 0 Å². The van der Waals surface area contributed by atoms with Gasteiger partial charge in [-0.15, -0.1) is 0 Å². The maximum absolute atomic E-state index is 11.4. The number of rotatable bonds is 17. The molecule has 1 aliphatic heterocycles. The fraction of sp³-hybridized carbons (Fsp3) is 0.659. The predicted molar refractivity (Wildman–Crippen MR) is 206 cm³/mol. The lowest BCUT2D eigenvalue weighted by molar-refractivity contribution is 0.209. The van der Waals surface area contributed by atoms with Gasteiger partial charge in [-0.25, -0.2) is 8.42 Å². The Morgan fingerprint density at radius 1 is 1.06 bits per heavy atom. The molecule has 0 aliphatic carbocycles. The summed E-state index contributed by atoms with van der Waals surface area (Å²) in [5.74, 6) is 3.01. The molecule has 0 N–H and O–H groups in total. The molecule has 1 aromatic rings. The second-order valence-corrected chi connectivity index (χ2v) is 15.6. The Bertz CT molecular complexity index is 1180. The first-order chi connectivity index (χ1) is 22.3. The predicted octanol–water partition coefficient (Wildman–Crippen LogP) is 10.7. The van der Waals surface area contributed by atoms with Crippen LogP contribution in [0.2, 0.25) is 0 Å².